The van der Waals surface area contributed by atoms with E-state index in [2.05, 4.69) is 50.2 Å². The molecular formula is C27H27NO2S. The Labute approximate surface area is 190 Å². The minimum absolute atomic E-state index is 0. The molecule has 4 heteroatoms. The molecule has 0 saturated heterocycles. The number of benzene rings is 4. The smallest absolute Gasteiger partial charge is 0.174 e. The minimum atomic E-state index is -0.000351. The summed E-state index contributed by atoms with van der Waals surface area (Å²) in [6, 6.07) is 26.8. The quantitative estimate of drug-likeness (QED) is 0.315. The van der Waals surface area contributed by atoms with E-state index in [4.69, 9.17) is 14.7 Å². The van der Waals surface area contributed by atoms with Gasteiger partial charge in [-0.25, -0.2) is 0 Å². The molecule has 4 aromatic carbocycles. The van der Waals surface area contributed by atoms with Gasteiger partial charge in [0.2, 0.25) is 0 Å². The molecule has 0 bridgehead atoms. The summed E-state index contributed by atoms with van der Waals surface area (Å²) in [5, 5.41) is 13.6. The molecule has 0 atom stereocenters. The summed E-state index contributed by atoms with van der Waals surface area (Å²) in [7, 11) is 0. The van der Waals surface area contributed by atoms with Crippen molar-refractivity contribution in [2.75, 3.05) is 13.2 Å². The molecule has 0 fully saturated rings. The van der Waals surface area contributed by atoms with Gasteiger partial charge in [-0.3, -0.25) is 0 Å². The number of fused-ring (bicyclic) bond motifs is 2. The highest BCUT2D eigenvalue weighted by molar-refractivity contribution is 7.59. The van der Waals surface area contributed by atoms with Crippen LogP contribution in [0.3, 0.4) is 0 Å². The van der Waals surface area contributed by atoms with E-state index in [-0.39, 0.29) is 20.1 Å². The highest BCUT2D eigenvalue weighted by Crippen LogP contribution is 2.45. The van der Waals surface area contributed by atoms with Gasteiger partial charge in [-0.15, -0.1) is 0 Å². The fourth-order valence-electron chi connectivity index (χ4n) is 3.77. The van der Waals surface area contributed by atoms with Crippen molar-refractivity contribution in [2.24, 2.45) is 5.92 Å². The minimum Gasteiger partial charge on any atom is -0.493 e. The molecule has 0 aliphatic carbocycles. The Morgan fingerprint density at radius 3 is 1.77 bits per heavy atom. The third-order valence-corrected chi connectivity index (χ3v) is 5.28. The number of ether oxygens (including phenoxy) is 2. The van der Waals surface area contributed by atoms with Gasteiger partial charge in [0.05, 0.1) is 6.61 Å². The predicted octanol–water partition coefficient (Wildman–Crippen LogP) is 7.10. The maximum atomic E-state index is 9.10. The molecule has 0 aliphatic heterocycles. The van der Waals surface area contributed by atoms with E-state index in [1.165, 1.54) is 0 Å². The van der Waals surface area contributed by atoms with Crippen LogP contribution in [0, 0.1) is 17.2 Å². The van der Waals surface area contributed by atoms with Crippen LogP contribution in [0.15, 0.2) is 72.8 Å². The Kier molecular flexibility index (Phi) is 7.44. The van der Waals surface area contributed by atoms with E-state index in [0.29, 0.717) is 18.3 Å². The molecule has 0 heterocycles. The van der Waals surface area contributed by atoms with Crippen molar-refractivity contribution in [2.45, 2.75) is 20.3 Å². The van der Waals surface area contributed by atoms with Gasteiger partial charge in [-0.05, 0) is 46.0 Å². The van der Waals surface area contributed by atoms with Crippen LogP contribution in [-0.4, -0.2) is 13.2 Å². The van der Waals surface area contributed by atoms with Gasteiger partial charge in [0.15, 0.2) is 6.61 Å². The zero-order valence-electron chi connectivity index (χ0n) is 17.9. The monoisotopic (exact) mass is 429 g/mol. The number of hydrogen-bond acceptors (Lipinski definition) is 3. The molecule has 0 aliphatic rings. The van der Waals surface area contributed by atoms with E-state index in [9.17, 15) is 0 Å². The Morgan fingerprint density at radius 2 is 1.26 bits per heavy atom. The van der Waals surface area contributed by atoms with E-state index in [1.54, 1.807) is 0 Å². The van der Waals surface area contributed by atoms with Gasteiger partial charge in [-0.1, -0.05) is 74.5 Å². The van der Waals surface area contributed by atoms with Crippen LogP contribution in [0.4, 0.5) is 0 Å². The van der Waals surface area contributed by atoms with Crippen LogP contribution in [0.1, 0.15) is 20.3 Å². The van der Waals surface area contributed by atoms with Crippen LogP contribution in [0.5, 0.6) is 11.5 Å². The number of hydrogen-bond donors (Lipinski definition) is 0. The summed E-state index contributed by atoms with van der Waals surface area (Å²) in [6.45, 7) is 5.05. The lowest BCUT2D eigenvalue weighted by Crippen LogP contribution is -2.03. The molecule has 31 heavy (non-hydrogen) atoms. The van der Waals surface area contributed by atoms with Crippen LogP contribution >= 0.6 is 13.5 Å². The second kappa shape index (κ2) is 10.2. The molecule has 4 aromatic rings. The fourth-order valence-corrected chi connectivity index (χ4v) is 3.77. The lowest BCUT2D eigenvalue weighted by molar-refractivity contribution is 0.290. The average molecular weight is 430 g/mol. The lowest BCUT2D eigenvalue weighted by Gasteiger charge is -2.19. The highest BCUT2D eigenvalue weighted by Gasteiger charge is 2.19. The summed E-state index contributed by atoms with van der Waals surface area (Å²) >= 11 is 0. The van der Waals surface area contributed by atoms with Gasteiger partial charge in [0.1, 0.15) is 17.6 Å². The van der Waals surface area contributed by atoms with Crippen molar-refractivity contribution in [3.05, 3.63) is 72.8 Å². The van der Waals surface area contributed by atoms with Crippen molar-refractivity contribution in [1.29, 1.82) is 5.26 Å². The average Bonchev–Trinajstić information content (AvgIpc) is 2.77. The normalized spacial score (nSPS) is 10.6. The first kappa shape index (κ1) is 22.5. The fraction of sp³-hybridized carbons (Fsp3) is 0.222. The van der Waals surface area contributed by atoms with Crippen LogP contribution in [0.25, 0.3) is 32.7 Å². The number of nitriles is 1. The van der Waals surface area contributed by atoms with E-state index >= 15 is 0 Å². The number of nitrogens with zero attached hydrogens (tertiary/aromatic N) is 1. The van der Waals surface area contributed by atoms with Gasteiger partial charge in [0, 0.05) is 11.1 Å². The highest BCUT2D eigenvalue weighted by atomic mass is 32.1. The third kappa shape index (κ3) is 4.78. The van der Waals surface area contributed by atoms with Crippen LogP contribution in [-0.2, 0) is 0 Å². The molecule has 0 radical (unpaired) electrons. The van der Waals surface area contributed by atoms with Crippen molar-refractivity contribution in [1.82, 2.24) is 0 Å². The Hall–Kier alpha value is -3.16. The van der Waals surface area contributed by atoms with Gasteiger partial charge in [-0.2, -0.15) is 18.8 Å². The maximum Gasteiger partial charge on any atom is 0.174 e. The first-order chi connectivity index (χ1) is 14.7. The molecule has 0 aromatic heterocycles. The maximum absolute atomic E-state index is 9.10. The van der Waals surface area contributed by atoms with Crippen molar-refractivity contribution < 1.29 is 9.47 Å². The molecule has 4 rings (SSSR count). The Morgan fingerprint density at radius 1 is 0.742 bits per heavy atom. The zero-order chi connectivity index (χ0) is 20.9. The molecule has 0 saturated carbocycles. The molecule has 0 spiro atoms. The zero-order valence-corrected chi connectivity index (χ0v) is 18.9. The predicted molar refractivity (Wildman–Crippen MR) is 133 cm³/mol. The molecular weight excluding hydrogens is 402 g/mol. The summed E-state index contributed by atoms with van der Waals surface area (Å²) in [5.41, 5.74) is 1.99. The summed E-state index contributed by atoms with van der Waals surface area (Å²) in [6.07, 6.45) is 0.986. The first-order valence-corrected chi connectivity index (χ1v) is 10.4. The first-order valence-electron chi connectivity index (χ1n) is 10.4. The third-order valence-electron chi connectivity index (χ3n) is 5.28. The van der Waals surface area contributed by atoms with Gasteiger partial charge in [0.25, 0.3) is 0 Å². The summed E-state index contributed by atoms with van der Waals surface area (Å²) < 4.78 is 12.2. The van der Waals surface area contributed by atoms with Gasteiger partial charge < -0.3 is 9.47 Å². The Bertz CT molecular complexity index is 1230. The van der Waals surface area contributed by atoms with Crippen molar-refractivity contribution in [3.63, 3.8) is 0 Å². The lowest BCUT2D eigenvalue weighted by atomic mass is 9.92. The standard InChI is InChI=1S/C27H25NO2.H2S/c1-19(2)15-17-29-24-13-11-20-7-3-5-9-22(20)26(24)27-23-10-6-4-8-21(23)12-14-25(27)30-18-16-28;/h3-14,19H,15,17-18H2,1-2H3;1H2. The number of rotatable bonds is 7. The van der Waals surface area contributed by atoms with Crippen LogP contribution < -0.4 is 9.47 Å². The Balaban J connectivity index is 0.00000272. The molecule has 0 N–H and O–H groups in total. The van der Waals surface area contributed by atoms with Crippen molar-refractivity contribution in [3.8, 4) is 28.7 Å². The molecule has 0 amide bonds. The molecule has 0 unspecified atom stereocenters. The largest absolute Gasteiger partial charge is 0.493 e. The van der Waals surface area contributed by atoms with E-state index in [1.807, 2.05) is 42.5 Å². The van der Waals surface area contributed by atoms with E-state index in [0.717, 1.165) is 44.8 Å². The van der Waals surface area contributed by atoms with Crippen LogP contribution in [0.2, 0.25) is 0 Å². The summed E-state index contributed by atoms with van der Waals surface area (Å²) in [4.78, 5) is 0. The van der Waals surface area contributed by atoms with E-state index < -0.39 is 0 Å². The second-order valence-electron chi connectivity index (χ2n) is 7.80. The molecule has 3 nitrogen and oxygen atoms in total. The second-order valence-corrected chi connectivity index (χ2v) is 7.80. The van der Waals surface area contributed by atoms with Crippen molar-refractivity contribution >= 4 is 35.0 Å². The molecule has 158 valence electrons. The van der Waals surface area contributed by atoms with Gasteiger partial charge >= 0.3 is 0 Å². The summed E-state index contributed by atoms with van der Waals surface area (Å²) in [5.74, 6) is 2.11. The topological polar surface area (TPSA) is 42.2 Å². The SMILES string of the molecule is CC(C)CCOc1ccc2ccccc2c1-c1c(OCC#N)ccc2ccccc12.S.